The smallest absolute Gasteiger partial charge is 0.338 e. The molecular weight excluding hydrogens is 464 g/mol. The largest absolute Gasteiger partial charge is 0.495 e. The lowest BCUT2D eigenvalue weighted by atomic mass is 9.97. The summed E-state index contributed by atoms with van der Waals surface area (Å²) in [7, 11) is 2.93. The minimum atomic E-state index is -0.668. The molecule has 0 fully saturated rings. The maximum absolute atomic E-state index is 12.4. The minimum Gasteiger partial charge on any atom is -0.495 e. The second kappa shape index (κ2) is 13.8. The predicted molar refractivity (Wildman–Crippen MR) is 135 cm³/mol. The first-order valence-electron chi connectivity index (χ1n) is 11.9. The number of methoxy groups -OCH3 is 2. The van der Waals surface area contributed by atoms with Gasteiger partial charge >= 0.3 is 5.97 Å². The maximum atomic E-state index is 12.4. The summed E-state index contributed by atoms with van der Waals surface area (Å²) >= 11 is 0. The SMILES string of the molecule is COc1ccccc1NC(=O)COc1ccc(C(=O)OCC(=O)NCCC2=CCCCC2)cc1OC. The Kier molecular flexibility index (Phi) is 10.2. The van der Waals surface area contributed by atoms with Crippen LogP contribution in [0.25, 0.3) is 0 Å². The van der Waals surface area contributed by atoms with Crippen LogP contribution in [0.15, 0.2) is 54.1 Å². The Bertz CT molecular complexity index is 1100. The van der Waals surface area contributed by atoms with Crippen LogP contribution < -0.4 is 24.8 Å². The Morgan fingerprint density at radius 2 is 1.69 bits per heavy atom. The van der Waals surface area contributed by atoms with E-state index < -0.39 is 11.9 Å². The summed E-state index contributed by atoms with van der Waals surface area (Å²) in [4.78, 5) is 36.7. The van der Waals surface area contributed by atoms with Crippen LogP contribution in [0.3, 0.4) is 0 Å². The average Bonchev–Trinajstić information content (AvgIpc) is 2.91. The highest BCUT2D eigenvalue weighted by atomic mass is 16.5. The quantitative estimate of drug-likeness (QED) is 0.339. The minimum absolute atomic E-state index is 0.192. The van der Waals surface area contributed by atoms with Crippen LogP contribution in [0.1, 0.15) is 42.5 Å². The highest BCUT2D eigenvalue weighted by molar-refractivity contribution is 5.94. The maximum Gasteiger partial charge on any atom is 0.338 e. The van der Waals surface area contributed by atoms with E-state index >= 15 is 0 Å². The molecule has 0 aromatic heterocycles. The van der Waals surface area contributed by atoms with Gasteiger partial charge in [0.15, 0.2) is 24.7 Å². The predicted octanol–water partition coefficient (Wildman–Crippen LogP) is 3.88. The molecular formula is C27H32N2O7. The van der Waals surface area contributed by atoms with Gasteiger partial charge in [-0.15, -0.1) is 0 Å². The van der Waals surface area contributed by atoms with Crippen molar-refractivity contribution in [2.24, 2.45) is 0 Å². The van der Waals surface area contributed by atoms with Gasteiger partial charge in [0, 0.05) is 6.54 Å². The third kappa shape index (κ3) is 8.04. The number of anilines is 1. The molecule has 0 atom stereocenters. The lowest BCUT2D eigenvalue weighted by Crippen LogP contribution is -2.29. The van der Waals surface area contributed by atoms with Crippen LogP contribution in [-0.2, 0) is 14.3 Å². The number of carbonyl (C=O) groups is 3. The van der Waals surface area contributed by atoms with Crippen molar-refractivity contribution in [1.82, 2.24) is 5.32 Å². The molecule has 2 amide bonds. The fraction of sp³-hybridized carbons (Fsp3) is 0.370. The summed E-state index contributed by atoms with van der Waals surface area (Å²) in [5.41, 5.74) is 2.08. The van der Waals surface area contributed by atoms with Crippen molar-refractivity contribution in [3.63, 3.8) is 0 Å². The molecule has 0 spiro atoms. The average molecular weight is 497 g/mol. The molecule has 0 aliphatic heterocycles. The van der Waals surface area contributed by atoms with Gasteiger partial charge in [-0.3, -0.25) is 9.59 Å². The van der Waals surface area contributed by atoms with Crippen LogP contribution in [-0.4, -0.2) is 51.8 Å². The number of esters is 1. The number of amides is 2. The molecule has 0 radical (unpaired) electrons. The molecule has 0 saturated carbocycles. The molecule has 0 unspecified atom stereocenters. The van der Waals surface area contributed by atoms with Crippen molar-refractivity contribution in [3.05, 3.63) is 59.7 Å². The lowest BCUT2D eigenvalue weighted by Gasteiger charge is -2.14. The van der Waals surface area contributed by atoms with E-state index in [-0.39, 0.29) is 36.2 Å². The zero-order chi connectivity index (χ0) is 25.8. The Labute approximate surface area is 210 Å². The van der Waals surface area contributed by atoms with Gasteiger partial charge in [0.1, 0.15) is 5.75 Å². The number of benzene rings is 2. The van der Waals surface area contributed by atoms with Crippen LogP contribution in [0.2, 0.25) is 0 Å². The lowest BCUT2D eigenvalue weighted by molar-refractivity contribution is -0.124. The second-order valence-corrected chi connectivity index (χ2v) is 8.19. The van der Waals surface area contributed by atoms with E-state index in [1.54, 1.807) is 24.3 Å². The second-order valence-electron chi connectivity index (χ2n) is 8.19. The molecule has 3 rings (SSSR count). The topological polar surface area (TPSA) is 112 Å². The monoisotopic (exact) mass is 496 g/mol. The summed E-state index contributed by atoms with van der Waals surface area (Å²) < 4.78 is 21.2. The van der Waals surface area contributed by atoms with E-state index in [0.29, 0.717) is 18.0 Å². The van der Waals surface area contributed by atoms with Crippen molar-refractivity contribution >= 4 is 23.5 Å². The first-order chi connectivity index (χ1) is 17.5. The van der Waals surface area contributed by atoms with E-state index in [9.17, 15) is 14.4 Å². The first-order valence-corrected chi connectivity index (χ1v) is 11.9. The molecule has 0 heterocycles. The molecule has 9 heteroatoms. The highest BCUT2D eigenvalue weighted by Gasteiger charge is 2.15. The number of allylic oxidation sites excluding steroid dienone is 1. The van der Waals surface area contributed by atoms with Crippen LogP contribution in [0.5, 0.6) is 17.2 Å². The number of nitrogens with one attached hydrogen (secondary N) is 2. The van der Waals surface area contributed by atoms with Crippen molar-refractivity contribution in [3.8, 4) is 17.2 Å². The summed E-state index contributed by atoms with van der Waals surface area (Å²) in [6.45, 7) is -0.135. The summed E-state index contributed by atoms with van der Waals surface area (Å²) in [5.74, 6) is -0.359. The van der Waals surface area contributed by atoms with Crippen molar-refractivity contribution < 1.29 is 33.3 Å². The van der Waals surface area contributed by atoms with Gasteiger partial charge in [-0.1, -0.05) is 23.8 Å². The molecule has 9 nitrogen and oxygen atoms in total. The van der Waals surface area contributed by atoms with E-state index in [0.717, 1.165) is 19.3 Å². The Balaban J connectivity index is 1.46. The standard InChI is InChI=1S/C27H32N2O7/c1-33-22-11-7-6-10-21(22)29-26(31)18-35-23-13-12-20(16-24(23)34-2)27(32)36-17-25(30)28-15-14-19-8-4-3-5-9-19/h6-8,10-13,16H,3-5,9,14-15,17-18H2,1-2H3,(H,28,30)(H,29,31). The van der Waals surface area contributed by atoms with E-state index in [2.05, 4.69) is 16.7 Å². The van der Waals surface area contributed by atoms with Gasteiger partial charge < -0.3 is 29.6 Å². The number of hydrogen-bond acceptors (Lipinski definition) is 7. The van der Waals surface area contributed by atoms with Gasteiger partial charge in [0.05, 0.1) is 25.5 Å². The molecule has 2 N–H and O–H groups in total. The zero-order valence-corrected chi connectivity index (χ0v) is 20.6. The van der Waals surface area contributed by atoms with Crippen LogP contribution in [0.4, 0.5) is 5.69 Å². The first kappa shape index (κ1) is 26.6. The van der Waals surface area contributed by atoms with E-state index in [1.165, 1.54) is 50.8 Å². The summed E-state index contributed by atoms with van der Waals surface area (Å²) in [6.07, 6.45) is 7.66. The normalized spacial score (nSPS) is 12.7. The van der Waals surface area contributed by atoms with Crippen LogP contribution >= 0.6 is 0 Å². The van der Waals surface area contributed by atoms with Gasteiger partial charge in [-0.2, -0.15) is 0 Å². The Morgan fingerprint density at radius 3 is 2.44 bits per heavy atom. The van der Waals surface area contributed by atoms with E-state index in [1.807, 2.05) is 0 Å². The van der Waals surface area contributed by atoms with Crippen LogP contribution in [0, 0.1) is 0 Å². The Hall–Kier alpha value is -4.01. The highest BCUT2D eigenvalue weighted by Crippen LogP contribution is 2.29. The van der Waals surface area contributed by atoms with Crippen molar-refractivity contribution in [1.29, 1.82) is 0 Å². The number of ether oxygens (including phenoxy) is 4. The number of para-hydroxylation sites is 2. The van der Waals surface area contributed by atoms with Gasteiger partial charge in [-0.25, -0.2) is 4.79 Å². The van der Waals surface area contributed by atoms with Crippen molar-refractivity contribution in [2.75, 3.05) is 39.3 Å². The third-order valence-electron chi connectivity index (χ3n) is 5.63. The molecule has 1 aliphatic carbocycles. The third-order valence-corrected chi connectivity index (χ3v) is 5.63. The molecule has 36 heavy (non-hydrogen) atoms. The molecule has 192 valence electrons. The Morgan fingerprint density at radius 1 is 0.889 bits per heavy atom. The number of carbonyl (C=O) groups excluding carboxylic acids is 3. The molecule has 1 aliphatic rings. The van der Waals surface area contributed by atoms with Crippen molar-refractivity contribution in [2.45, 2.75) is 32.1 Å². The van der Waals surface area contributed by atoms with Gasteiger partial charge in [0.25, 0.3) is 11.8 Å². The fourth-order valence-corrected chi connectivity index (χ4v) is 3.75. The molecule has 2 aromatic rings. The van der Waals surface area contributed by atoms with E-state index in [4.69, 9.17) is 18.9 Å². The fourth-order valence-electron chi connectivity index (χ4n) is 3.75. The zero-order valence-electron chi connectivity index (χ0n) is 20.6. The summed E-state index contributed by atoms with van der Waals surface area (Å²) in [5, 5.41) is 5.49. The molecule has 0 saturated heterocycles. The van der Waals surface area contributed by atoms with Gasteiger partial charge in [0.2, 0.25) is 0 Å². The van der Waals surface area contributed by atoms with Gasteiger partial charge in [-0.05, 0) is 62.4 Å². The number of hydrogen-bond donors (Lipinski definition) is 2. The molecule has 2 aromatic carbocycles. The number of rotatable bonds is 12. The summed E-state index contributed by atoms with van der Waals surface area (Å²) in [6, 6.07) is 11.4. The molecule has 0 bridgehead atoms.